The van der Waals surface area contributed by atoms with Gasteiger partial charge in [0.2, 0.25) is 5.91 Å². The molecule has 7 atom stereocenters. The van der Waals surface area contributed by atoms with Gasteiger partial charge in [-0.2, -0.15) is 0 Å². The van der Waals surface area contributed by atoms with Crippen LogP contribution in [-0.2, 0) is 14.3 Å². The van der Waals surface area contributed by atoms with Gasteiger partial charge in [0.05, 0.1) is 25.4 Å². The maximum absolute atomic E-state index is 13.1. The summed E-state index contributed by atoms with van der Waals surface area (Å²) in [6.45, 7) is 3.70. The molecule has 1 rings (SSSR count). The second-order valence-electron chi connectivity index (χ2n) is 22.5. The topological polar surface area (TPSA) is 149 Å². The number of carbonyl (C=O) groups excluding carboxylic acids is 1. The van der Waals surface area contributed by atoms with Gasteiger partial charge in [0.1, 0.15) is 24.4 Å². The molecule has 1 heterocycles. The van der Waals surface area contributed by atoms with Crippen LogP contribution >= 0.6 is 0 Å². The first-order valence-electron chi connectivity index (χ1n) is 32.5. The second kappa shape index (κ2) is 56.2. The van der Waals surface area contributed by atoms with E-state index in [1.807, 2.05) is 6.08 Å². The number of hydrogen-bond acceptors (Lipinski definition) is 8. The molecule has 0 saturated carbocycles. The van der Waals surface area contributed by atoms with Crippen LogP contribution in [-0.4, -0.2) is 87.5 Å². The van der Waals surface area contributed by atoms with Gasteiger partial charge < -0.3 is 40.3 Å². The Hall–Kier alpha value is -2.11. The number of hydrogen-bond donors (Lipinski definition) is 6. The summed E-state index contributed by atoms with van der Waals surface area (Å²) in [5, 5.41) is 54.6. The number of rotatable bonds is 56. The number of allylic oxidation sites excluding steroid dienone is 9. The van der Waals surface area contributed by atoms with Gasteiger partial charge in [-0.15, -0.1) is 0 Å². The first kappa shape index (κ1) is 71.9. The largest absolute Gasteiger partial charge is 0.394 e. The molecule has 0 spiro atoms. The minimum atomic E-state index is -1.57. The molecule has 1 fully saturated rings. The van der Waals surface area contributed by atoms with Gasteiger partial charge in [-0.25, -0.2) is 0 Å². The van der Waals surface area contributed by atoms with Crippen LogP contribution in [0.1, 0.15) is 303 Å². The SMILES string of the molecule is CC/C=C\C/C=C\C/C=C\C/C=C\CCCCCCCCCCCCCCCCCCCCCCCCC(=O)NC(COC1OC(CO)C(O)C(O)C1O)C(O)/C=C/CCCCCCCCCCCCCCCCCC. The van der Waals surface area contributed by atoms with Crippen LogP contribution in [0.5, 0.6) is 0 Å². The number of carbonyl (C=O) groups is 1. The zero-order chi connectivity index (χ0) is 55.0. The van der Waals surface area contributed by atoms with E-state index in [1.165, 1.54) is 218 Å². The predicted molar refractivity (Wildman–Crippen MR) is 322 cm³/mol. The normalized spacial score (nSPS) is 19.2. The molecule has 7 unspecified atom stereocenters. The Morgan fingerprint density at radius 3 is 1.21 bits per heavy atom. The van der Waals surface area contributed by atoms with Crippen LogP contribution in [0.15, 0.2) is 60.8 Å². The Morgan fingerprint density at radius 1 is 0.461 bits per heavy atom. The fourth-order valence-electron chi connectivity index (χ4n) is 10.3. The van der Waals surface area contributed by atoms with Crippen LogP contribution in [0, 0.1) is 0 Å². The molecule has 0 aromatic carbocycles. The molecule has 1 saturated heterocycles. The molecule has 6 N–H and O–H groups in total. The van der Waals surface area contributed by atoms with Gasteiger partial charge in [-0.1, -0.05) is 299 Å². The van der Waals surface area contributed by atoms with E-state index in [0.717, 1.165) is 64.2 Å². The third kappa shape index (κ3) is 44.7. The lowest BCUT2D eigenvalue weighted by atomic mass is 9.99. The summed E-state index contributed by atoms with van der Waals surface area (Å²) in [5.74, 6) is -0.172. The third-order valence-electron chi connectivity index (χ3n) is 15.3. The Balaban J connectivity index is 2.10. The number of unbranched alkanes of at least 4 members (excludes halogenated alkanes) is 38. The Labute approximate surface area is 468 Å². The van der Waals surface area contributed by atoms with Crippen molar-refractivity contribution in [2.75, 3.05) is 13.2 Å². The van der Waals surface area contributed by atoms with Crippen molar-refractivity contribution in [3.8, 4) is 0 Å². The minimum Gasteiger partial charge on any atom is -0.394 e. The molecule has 0 radical (unpaired) electrons. The second-order valence-corrected chi connectivity index (χ2v) is 22.5. The average molecular weight is 1070 g/mol. The van der Waals surface area contributed by atoms with Crippen molar-refractivity contribution in [1.29, 1.82) is 0 Å². The predicted octanol–water partition coefficient (Wildman–Crippen LogP) is 17.0. The fourth-order valence-corrected chi connectivity index (χ4v) is 10.3. The zero-order valence-electron chi connectivity index (χ0n) is 49.5. The van der Waals surface area contributed by atoms with Gasteiger partial charge >= 0.3 is 0 Å². The molecular weight excluding hydrogens is 947 g/mol. The van der Waals surface area contributed by atoms with E-state index in [9.17, 15) is 30.3 Å². The number of ether oxygens (including phenoxy) is 2. The van der Waals surface area contributed by atoms with Crippen LogP contribution in [0.4, 0.5) is 0 Å². The molecule has 0 aliphatic carbocycles. The number of nitrogens with one attached hydrogen (secondary N) is 1. The van der Waals surface area contributed by atoms with E-state index in [2.05, 4.69) is 67.8 Å². The van der Waals surface area contributed by atoms with Crippen LogP contribution in [0.3, 0.4) is 0 Å². The standard InChI is InChI=1S/C67H123NO8/c1-3-5-7-9-11-13-15-17-19-21-23-24-25-26-27-28-29-30-31-32-33-34-35-36-37-38-39-41-43-45-47-49-51-53-55-57-63(71)68-60(59-75-67-66(74)65(73)64(72)62(58-69)76-67)61(70)56-54-52-50-48-46-44-42-40-22-20-18-16-14-12-10-8-6-4-2/h5,7,11,13,17,19,23-24,54,56,60-62,64-67,69-70,72-74H,3-4,6,8-10,12,14-16,18,20-22,25-53,55,57-59H2,1-2H3,(H,68,71)/b7-5-,13-11-,19-17-,24-23-,56-54+. The van der Waals surface area contributed by atoms with Gasteiger partial charge in [-0.05, 0) is 57.8 Å². The summed E-state index contributed by atoms with van der Waals surface area (Å²) >= 11 is 0. The van der Waals surface area contributed by atoms with E-state index in [1.54, 1.807) is 6.08 Å². The lowest BCUT2D eigenvalue weighted by Gasteiger charge is -2.40. The molecule has 444 valence electrons. The summed E-state index contributed by atoms with van der Waals surface area (Å²) in [4.78, 5) is 13.1. The summed E-state index contributed by atoms with van der Waals surface area (Å²) in [6.07, 6.45) is 70.3. The quantitative estimate of drug-likeness (QED) is 0.0261. The molecule has 76 heavy (non-hydrogen) atoms. The van der Waals surface area contributed by atoms with Crippen LogP contribution in [0.25, 0.3) is 0 Å². The number of amides is 1. The molecule has 1 aliphatic rings. The maximum atomic E-state index is 13.1. The highest BCUT2D eigenvalue weighted by molar-refractivity contribution is 5.76. The Morgan fingerprint density at radius 2 is 0.816 bits per heavy atom. The van der Waals surface area contributed by atoms with Crippen molar-refractivity contribution in [1.82, 2.24) is 5.32 Å². The molecule has 0 aromatic heterocycles. The van der Waals surface area contributed by atoms with Crippen molar-refractivity contribution < 1.29 is 39.8 Å². The van der Waals surface area contributed by atoms with Crippen LogP contribution in [0.2, 0.25) is 0 Å². The summed E-state index contributed by atoms with van der Waals surface area (Å²) in [5.41, 5.74) is 0. The average Bonchev–Trinajstić information content (AvgIpc) is 3.42. The highest BCUT2D eigenvalue weighted by atomic mass is 16.7. The first-order chi connectivity index (χ1) is 37.3. The molecule has 9 heteroatoms. The van der Waals surface area contributed by atoms with Crippen molar-refractivity contribution in [3.05, 3.63) is 60.8 Å². The van der Waals surface area contributed by atoms with Crippen molar-refractivity contribution in [2.24, 2.45) is 0 Å². The molecular formula is C67H123NO8. The fraction of sp³-hybridized carbons (Fsp3) is 0.836. The van der Waals surface area contributed by atoms with Gasteiger partial charge in [0, 0.05) is 6.42 Å². The van der Waals surface area contributed by atoms with Crippen molar-refractivity contribution in [3.63, 3.8) is 0 Å². The maximum Gasteiger partial charge on any atom is 0.220 e. The Kier molecular flexibility index (Phi) is 53.1. The van der Waals surface area contributed by atoms with E-state index < -0.39 is 49.5 Å². The van der Waals surface area contributed by atoms with Crippen LogP contribution < -0.4 is 5.32 Å². The summed E-state index contributed by atoms with van der Waals surface area (Å²) < 4.78 is 11.3. The smallest absolute Gasteiger partial charge is 0.220 e. The zero-order valence-corrected chi connectivity index (χ0v) is 49.5. The highest BCUT2D eigenvalue weighted by Gasteiger charge is 2.44. The number of aliphatic hydroxyl groups excluding tert-OH is 5. The molecule has 1 aliphatic heterocycles. The monoisotopic (exact) mass is 1070 g/mol. The van der Waals surface area contributed by atoms with Gasteiger partial charge in [0.15, 0.2) is 6.29 Å². The van der Waals surface area contributed by atoms with E-state index in [0.29, 0.717) is 6.42 Å². The Bertz CT molecular complexity index is 1380. The third-order valence-corrected chi connectivity index (χ3v) is 15.3. The lowest BCUT2D eigenvalue weighted by Crippen LogP contribution is -2.60. The molecule has 9 nitrogen and oxygen atoms in total. The summed E-state index contributed by atoms with van der Waals surface area (Å²) in [6, 6.07) is -0.805. The van der Waals surface area contributed by atoms with Gasteiger partial charge in [-0.3, -0.25) is 4.79 Å². The minimum absolute atomic E-state index is 0.172. The first-order valence-corrected chi connectivity index (χ1v) is 32.5. The van der Waals surface area contributed by atoms with Gasteiger partial charge in [0.25, 0.3) is 0 Å². The van der Waals surface area contributed by atoms with Crippen molar-refractivity contribution in [2.45, 2.75) is 346 Å². The summed E-state index contributed by atoms with van der Waals surface area (Å²) in [7, 11) is 0. The van der Waals surface area contributed by atoms with E-state index in [4.69, 9.17) is 9.47 Å². The molecule has 0 bridgehead atoms. The molecule has 1 amide bonds. The number of aliphatic hydroxyl groups is 5. The van der Waals surface area contributed by atoms with E-state index in [-0.39, 0.29) is 12.5 Å². The molecule has 0 aromatic rings. The van der Waals surface area contributed by atoms with Crippen molar-refractivity contribution >= 4 is 5.91 Å². The van der Waals surface area contributed by atoms with E-state index >= 15 is 0 Å². The lowest BCUT2D eigenvalue weighted by molar-refractivity contribution is -0.302. The highest BCUT2D eigenvalue weighted by Crippen LogP contribution is 2.23.